The molecule has 0 bridgehead atoms. The van der Waals surface area contributed by atoms with Crippen molar-refractivity contribution < 1.29 is 9.53 Å². The molecule has 0 aromatic heterocycles. The Morgan fingerprint density at radius 1 is 1.05 bits per heavy atom. The fourth-order valence-corrected chi connectivity index (χ4v) is 1.91. The van der Waals surface area contributed by atoms with E-state index < -0.39 is 0 Å². The predicted molar refractivity (Wildman–Crippen MR) is 82.2 cm³/mol. The van der Waals surface area contributed by atoms with Crippen molar-refractivity contribution in [1.82, 2.24) is 0 Å². The summed E-state index contributed by atoms with van der Waals surface area (Å²) in [6.45, 7) is 10.9. The smallest absolute Gasteiger partial charge is 0.311 e. The van der Waals surface area contributed by atoms with Gasteiger partial charge in [0, 0.05) is 0 Å². The molecular weight excluding hydrogens is 236 g/mol. The van der Waals surface area contributed by atoms with Gasteiger partial charge in [-0.25, -0.2) is 0 Å². The molecule has 0 heterocycles. The Labute approximate surface area is 120 Å². The summed E-state index contributed by atoms with van der Waals surface area (Å²) in [6.07, 6.45) is 9.97. The minimum atomic E-state index is -0.333. The topological polar surface area (TPSA) is 26.3 Å². The highest BCUT2D eigenvalue weighted by Gasteiger charge is 2.27. The second-order valence-corrected chi connectivity index (χ2v) is 6.50. The third-order valence-electron chi connectivity index (χ3n) is 3.99. The SMILES string of the molecule is CCCCCCCCC(C)COC(=O)C(C)(C)CC. The number of carbonyl (C=O) groups is 1. The Kier molecular flexibility index (Phi) is 9.99. The number of esters is 1. The Bertz CT molecular complexity index is 233. The van der Waals surface area contributed by atoms with Crippen LogP contribution in [0, 0.1) is 11.3 Å². The normalized spacial score (nSPS) is 13.3. The first-order valence-corrected chi connectivity index (χ1v) is 8.11. The lowest BCUT2D eigenvalue weighted by atomic mass is 9.90. The van der Waals surface area contributed by atoms with E-state index in [4.69, 9.17) is 4.74 Å². The molecule has 0 aliphatic heterocycles. The van der Waals surface area contributed by atoms with E-state index in [2.05, 4.69) is 13.8 Å². The minimum Gasteiger partial charge on any atom is -0.465 e. The van der Waals surface area contributed by atoms with Gasteiger partial charge < -0.3 is 4.74 Å². The maximum absolute atomic E-state index is 11.8. The molecule has 114 valence electrons. The molecule has 0 aliphatic carbocycles. The van der Waals surface area contributed by atoms with Crippen LogP contribution in [0.15, 0.2) is 0 Å². The minimum absolute atomic E-state index is 0.0511. The van der Waals surface area contributed by atoms with E-state index >= 15 is 0 Å². The highest BCUT2D eigenvalue weighted by molar-refractivity contribution is 5.75. The standard InChI is InChI=1S/C17H34O2/c1-6-8-9-10-11-12-13-15(3)14-19-16(18)17(4,5)7-2/h15H,6-14H2,1-5H3. The summed E-state index contributed by atoms with van der Waals surface area (Å²) < 4.78 is 5.42. The van der Waals surface area contributed by atoms with E-state index in [0.717, 1.165) is 6.42 Å². The van der Waals surface area contributed by atoms with Gasteiger partial charge >= 0.3 is 5.97 Å². The number of ether oxygens (including phenoxy) is 1. The summed E-state index contributed by atoms with van der Waals surface area (Å²) >= 11 is 0. The van der Waals surface area contributed by atoms with Gasteiger partial charge in [0.05, 0.1) is 12.0 Å². The molecule has 19 heavy (non-hydrogen) atoms. The first-order valence-electron chi connectivity index (χ1n) is 8.11. The van der Waals surface area contributed by atoms with Crippen LogP contribution in [0.2, 0.25) is 0 Å². The molecule has 0 aromatic rings. The molecule has 0 spiro atoms. The molecule has 0 aromatic carbocycles. The highest BCUT2D eigenvalue weighted by Crippen LogP contribution is 2.22. The Morgan fingerprint density at radius 3 is 2.21 bits per heavy atom. The predicted octanol–water partition coefficient (Wildman–Crippen LogP) is 5.35. The van der Waals surface area contributed by atoms with Crippen LogP contribution in [0.1, 0.15) is 86.0 Å². The van der Waals surface area contributed by atoms with E-state index in [1.807, 2.05) is 20.8 Å². The average Bonchev–Trinajstić information content (AvgIpc) is 2.39. The van der Waals surface area contributed by atoms with Crippen LogP contribution in [-0.2, 0) is 9.53 Å². The second kappa shape index (κ2) is 10.3. The fourth-order valence-electron chi connectivity index (χ4n) is 1.91. The lowest BCUT2D eigenvalue weighted by Crippen LogP contribution is -2.27. The van der Waals surface area contributed by atoms with Crippen molar-refractivity contribution in [2.24, 2.45) is 11.3 Å². The van der Waals surface area contributed by atoms with Crippen molar-refractivity contribution >= 4 is 5.97 Å². The summed E-state index contributed by atoms with van der Waals surface area (Å²) in [4.78, 5) is 11.8. The molecule has 0 fully saturated rings. The lowest BCUT2D eigenvalue weighted by Gasteiger charge is -2.21. The molecule has 0 aliphatic rings. The molecule has 0 radical (unpaired) electrons. The molecule has 1 unspecified atom stereocenters. The molecule has 1 atom stereocenters. The first-order chi connectivity index (χ1) is 8.94. The zero-order valence-electron chi connectivity index (χ0n) is 13.8. The average molecular weight is 270 g/mol. The highest BCUT2D eigenvalue weighted by atomic mass is 16.5. The number of rotatable bonds is 11. The van der Waals surface area contributed by atoms with E-state index in [1.54, 1.807) is 0 Å². The molecule has 0 rings (SSSR count). The Hall–Kier alpha value is -0.530. The van der Waals surface area contributed by atoms with E-state index in [0.29, 0.717) is 12.5 Å². The van der Waals surface area contributed by atoms with Gasteiger partial charge in [0.25, 0.3) is 0 Å². The molecule has 0 saturated carbocycles. The molecule has 0 N–H and O–H groups in total. The van der Waals surface area contributed by atoms with Gasteiger partial charge in [-0.2, -0.15) is 0 Å². The van der Waals surface area contributed by atoms with Crippen molar-refractivity contribution in [3.63, 3.8) is 0 Å². The zero-order valence-corrected chi connectivity index (χ0v) is 13.8. The fraction of sp³-hybridized carbons (Fsp3) is 0.941. The molecule has 0 amide bonds. The first kappa shape index (κ1) is 18.5. The molecule has 2 heteroatoms. The maximum Gasteiger partial charge on any atom is 0.311 e. The third kappa shape index (κ3) is 9.07. The quantitative estimate of drug-likeness (QED) is 0.373. The molecule has 2 nitrogen and oxygen atoms in total. The van der Waals surface area contributed by atoms with E-state index in [1.165, 1.54) is 44.9 Å². The number of unbranched alkanes of at least 4 members (excludes halogenated alkanes) is 5. The monoisotopic (exact) mass is 270 g/mol. The van der Waals surface area contributed by atoms with Gasteiger partial charge in [-0.05, 0) is 32.6 Å². The lowest BCUT2D eigenvalue weighted by molar-refractivity contribution is -0.155. The summed E-state index contributed by atoms with van der Waals surface area (Å²) in [5.74, 6) is 0.438. The summed E-state index contributed by atoms with van der Waals surface area (Å²) in [5, 5.41) is 0. The van der Waals surface area contributed by atoms with Gasteiger partial charge in [0.2, 0.25) is 0 Å². The maximum atomic E-state index is 11.8. The van der Waals surface area contributed by atoms with Gasteiger partial charge in [-0.15, -0.1) is 0 Å². The number of hydrogen-bond acceptors (Lipinski definition) is 2. The van der Waals surface area contributed by atoms with Gasteiger partial charge in [-0.3, -0.25) is 4.79 Å². The Morgan fingerprint density at radius 2 is 1.63 bits per heavy atom. The van der Waals surface area contributed by atoms with Crippen LogP contribution in [0.3, 0.4) is 0 Å². The largest absolute Gasteiger partial charge is 0.465 e. The summed E-state index contributed by atoms with van der Waals surface area (Å²) in [6, 6.07) is 0. The number of carbonyl (C=O) groups excluding carboxylic acids is 1. The van der Waals surface area contributed by atoms with Crippen molar-refractivity contribution in [1.29, 1.82) is 0 Å². The van der Waals surface area contributed by atoms with Crippen molar-refractivity contribution in [3.05, 3.63) is 0 Å². The van der Waals surface area contributed by atoms with Crippen LogP contribution in [0.4, 0.5) is 0 Å². The molecule has 0 saturated heterocycles. The van der Waals surface area contributed by atoms with Gasteiger partial charge in [-0.1, -0.05) is 59.3 Å². The third-order valence-corrected chi connectivity index (χ3v) is 3.99. The molecular formula is C17H34O2. The van der Waals surface area contributed by atoms with E-state index in [9.17, 15) is 4.79 Å². The van der Waals surface area contributed by atoms with Crippen molar-refractivity contribution in [2.75, 3.05) is 6.61 Å². The van der Waals surface area contributed by atoms with Crippen LogP contribution >= 0.6 is 0 Å². The van der Waals surface area contributed by atoms with Crippen LogP contribution in [0.25, 0.3) is 0 Å². The van der Waals surface area contributed by atoms with Crippen LogP contribution in [0.5, 0.6) is 0 Å². The summed E-state index contributed by atoms with van der Waals surface area (Å²) in [7, 11) is 0. The van der Waals surface area contributed by atoms with Gasteiger partial charge in [0.1, 0.15) is 0 Å². The van der Waals surface area contributed by atoms with Crippen LogP contribution < -0.4 is 0 Å². The number of hydrogen-bond donors (Lipinski definition) is 0. The second-order valence-electron chi connectivity index (χ2n) is 6.50. The Balaban J connectivity index is 3.59. The van der Waals surface area contributed by atoms with Crippen molar-refractivity contribution in [3.8, 4) is 0 Å². The zero-order chi connectivity index (χ0) is 14.7. The van der Waals surface area contributed by atoms with E-state index in [-0.39, 0.29) is 11.4 Å². The van der Waals surface area contributed by atoms with Crippen LogP contribution in [-0.4, -0.2) is 12.6 Å². The summed E-state index contributed by atoms with van der Waals surface area (Å²) in [5.41, 5.74) is -0.333. The van der Waals surface area contributed by atoms with Crippen molar-refractivity contribution in [2.45, 2.75) is 86.0 Å². The van der Waals surface area contributed by atoms with Gasteiger partial charge in [0.15, 0.2) is 0 Å².